The van der Waals surface area contributed by atoms with Gasteiger partial charge in [0.2, 0.25) is 5.91 Å². The fourth-order valence-corrected chi connectivity index (χ4v) is 7.28. The van der Waals surface area contributed by atoms with Gasteiger partial charge in [-0.05, 0) is 99.1 Å². The van der Waals surface area contributed by atoms with Crippen LogP contribution in [0.3, 0.4) is 0 Å². The van der Waals surface area contributed by atoms with Crippen LogP contribution in [0.5, 0.6) is 5.75 Å². The third kappa shape index (κ3) is 6.80. The summed E-state index contributed by atoms with van der Waals surface area (Å²) in [6.45, 7) is 5.89. The zero-order chi connectivity index (χ0) is 27.2. The SMILES string of the molecule is COCC1CCN(c2cccc(N(CC3CCC(c4ccc(OC)c(C)c4)CC3)C(=O)C3CCCCC3)c2)C1. The predicted molar refractivity (Wildman–Crippen MR) is 160 cm³/mol. The zero-order valence-electron chi connectivity index (χ0n) is 24.4. The average molecular weight is 533 g/mol. The maximum absolute atomic E-state index is 14.0. The molecule has 1 amide bonds. The van der Waals surface area contributed by atoms with E-state index in [0.29, 0.717) is 23.7 Å². The maximum Gasteiger partial charge on any atom is 0.230 e. The molecule has 2 aromatic carbocycles. The smallest absolute Gasteiger partial charge is 0.230 e. The van der Waals surface area contributed by atoms with E-state index in [1.807, 2.05) is 0 Å². The van der Waals surface area contributed by atoms with Crippen LogP contribution in [0.2, 0.25) is 0 Å². The first-order chi connectivity index (χ1) is 19.1. The van der Waals surface area contributed by atoms with Crippen LogP contribution in [0, 0.1) is 24.7 Å². The topological polar surface area (TPSA) is 42.0 Å². The summed E-state index contributed by atoms with van der Waals surface area (Å²) >= 11 is 0. The number of aryl methyl sites for hydroxylation is 1. The van der Waals surface area contributed by atoms with E-state index in [1.165, 1.54) is 68.2 Å². The van der Waals surface area contributed by atoms with Crippen molar-refractivity contribution in [2.24, 2.45) is 17.8 Å². The number of carbonyl (C=O) groups is 1. The van der Waals surface area contributed by atoms with E-state index < -0.39 is 0 Å². The van der Waals surface area contributed by atoms with Crippen molar-refractivity contribution in [3.05, 3.63) is 53.6 Å². The van der Waals surface area contributed by atoms with Crippen LogP contribution >= 0.6 is 0 Å². The Bertz CT molecular complexity index is 1090. The van der Waals surface area contributed by atoms with Crippen molar-refractivity contribution >= 4 is 17.3 Å². The standard InChI is InChI=1S/C34H48N2O3/c1-25-20-30(16-17-33(25)39-3)28-14-12-26(13-15-28)23-36(34(37)29-8-5-4-6-9-29)32-11-7-10-31(21-32)35-19-18-27(22-35)24-38-2/h7,10-11,16-17,20-21,26-29H,4-6,8-9,12-15,18-19,22-24H2,1-3H3. The Morgan fingerprint density at radius 1 is 0.923 bits per heavy atom. The molecule has 2 saturated carbocycles. The molecule has 0 radical (unpaired) electrons. The molecule has 1 atom stereocenters. The number of amides is 1. The van der Waals surface area contributed by atoms with Gasteiger partial charge in [0.15, 0.2) is 0 Å². The molecule has 0 N–H and O–H groups in total. The Labute approximate surface area is 235 Å². The molecule has 1 saturated heterocycles. The second-order valence-electron chi connectivity index (χ2n) is 12.3. The molecule has 212 valence electrons. The molecule has 5 heteroatoms. The number of methoxy groups -OCH3 is 2. The van der Waals surface area contributed by atoms with Gasteiger partial charge in [-0.3, -0.25) is 4.79 Å². The molecule has 3 aliphatic rings. The van der Waals surface area contributed by atoms with Gasteiger partial charge in [0, 0.05) is 50.0 Å². The molecule has 1 aliphatic heterocycles. The minimum Gasteiger partial charge on any atom is -0.496 e. The van der Waals surface area contributed by atoms with E-state index in [0.717, 1.165) is 50.5 Å². The highest BCUT2D eigenvalue weighted by Gasteiger charge is 2.31. The van der Waals surface area contributed by atoms with E-state index in [9.17, 15) is 4.79 Å². The third-order valence-corrected chi connectivity index (χ3v) is 9.59. The predicted octanol–water partition coefficient (Wildman–Crippen LogP) is 7.36. The van der Waals surface area contributed by atoms with Gasteiger partial charge in [0.1, 0.15) is 5.75 Å². The van der Waals surface area contributed by atoms with E-state index in [1.54, 1.807) is 14.2 Å². The summed E-state index contributed by atoms with van der Waals surface area (Å²) in [5, 5.41) is 0. The molecule has 3 fully saturated rings. The maximum atomic E-state index is 14.0. The van der Waals surface area contributed by atoms with E-state index in [2.05, 4.69) is 59.2 Å². The first kappa shape index (κ1) is 28.0. The van der Waals surface area contributed by atoms with Gasteiger partial charge in [-0.1, -0.05) is 37.5 Å². The largest absolute Gasteiger partial charge is 0.496 e. The lowest BCUT2D eigenvalue weighted by atomic mass is 9.78. The Kier molecular flexibility index (Phi) is 9.49. The van der Waals surface area contributed by atoms with Crippen LogP contribution in [0.4, 0.5) is 11.4 Å². The molecule has 5 rings (SSSR count). The first-order valence-corrected chi connectivity index (χ1v) is 15.4. The Morgan fingerprint density at radius 2 is 1.72 bits per heavy atom. The van der Waals surface area contributed by atoms with Crippen LogP contribution in [0.15, 0.2) is 42.5 Å². The highest BCUT2D eigenvalue weighted by molar-refractivity contribution is 5.95. The number of benzene rings is 2. The van der Waals surface area contributed by atoms with E-state index in [-0.39, 0.29) is 5.92 Å². The van der Waals surface area contributed by atoms with Crippen molar-refractivity contribution < 1.29 is 14.3 Å². The third-order valence-electron chi connectivity index (χ3n) is 9.59. The normalized spacial score (nSPS) is 24.1. The summed E-state index contributed by atoms with van der Waals surface area (Å²) in [5.41, 5.74) is 4.98. The van der Waals surface area contributed by atoms with Gasteiger partial charge in [-0.25, -0.2) is 0 Å². The van der Waals surface area contributed by atoms with Crippen molar-refractivity contribution in [2.75, 3.05) is 50.3 Å². The lowest BCUT2D eigenvalue weighted by Crippen LogP contribution is -2.41. The lowest BCUT2D eigenvalue weighted by Gasteiger charge is -2.36. The highest BCUT2D eigenvalue weighted by Crippen LogP contribution is 2.39. The molecular weight excluding hydrogens is 484 g/mol. The summed E-state index contributed by atoms with van der Waals surface area (Å²) in [6, 6.07) is 15.5. The molecule has 5 nitrogen and oxygen atoms in total. The van der Waals surface area contributed by atoms with E-state index >= 15 is 0 Å². The molecule has 1 unspecified atom stereocenters. The fourth-order valence-electron chi connectivity index (χ4n) is 7.28. The van der Waals surface area contributed by atoms with Crippen LogP contribution in [0.1, 0.15) is 81.3 Å². The molecule has 0 aromatic heterocycles. The summed E-state index contributed by atoms with van der Waals surface area (Å²) in [5.74, 6) is 3.25. The summed E-state index contributed by atoms with van der Waals surface area (Å²) < 4.78 is 10.9. The lowest BCUT2D eigenvalue weighted by molar-refractivity contribution is -0.123. The first-order valence-electron chi connectivity index (χ1n) is 15.4. The second kappa shape index (κ2) is 13.2. The van der Waals surface area contributed by atoms with Crippen LogP contribution < -0.4 is 14.5 Å². The minimum atomic E-state index is 0.180. The number of ether oxygens (including phenoxy) is 2. The number of carbonyl (C=O) groups excluding carboxylic acids is 1. The van der Waals surface area contributed by atoms with Gasteiger partial charge in [0.05, 0.1) is 13.7 Å². The van der Waals surface area contributed by atoms with Crippen molar-refractivity contribution in [2.45, 2.75) is 77.0 Å². The van der Waals surface area contributed by atoms with Gasteiger partial charge in [0.25, 0.3) is 0 Å². The minimum absolute atomic E-state index is 0.180. The summed E-state index contributed by atoms with van der Waals surface area (Å²) in [7, 11) is 3.54. The van der Waals surface area contributed by atoms with Crippen molar-refractivity contribution in [3.8, 4) is 5.75 Å². The van der Waals surface area contributed by atoms with Crippen molar-refractivity contribution in [1.82, 2.24) is 0 Å². The molecule has 0 spiro atoms. The van der Waals surface area contributed by atoms with Gasteiger partial charge >= 0.3 is 0 Å². The quantitative estimate of drug-likeness (QED) is 0.338. The number of hydrogen-bond donors (Lipinski definition) is 0. The van der Waals surface area contributed by atoms with Crippen LogP contribution in [-0.2, 0) is 9.53 Å². The molecule has 39 heavy (non-hydrogen) atoms. The number of hydrogen-bond acceptors (Lipinski definition) is 4. The highest BCUT2D eigenvalue weighted by atomic mass is 16.5. The Hall–Kier alpha value is -2.53. The molecule has 0 bridgehead atoms. The van der Waals surface area contributed by atoms with Crippen LogP contribution in [0.25, 0.3) is 0 Å². The molecular formula is C34H48N2O3. The monoisotopic (exact) mass is 532 g/mol. The van der Waals surface area contributed by atoms with Crippen molar-refractivity contribution in [1.29, 1.82) is 0 Å². The van der Waals surface area contributed by atoms with Crippen molar-refractivity contribution in [3.63, 3.8) is 0 Å². The fraction of sp³-hybridized carbons (Fsp3) is 0.618. The van der Waals surface area contributed by atoms with Gasteiger partial charge in [-0.15, -0.1) is 0 Å². The van der Waals surface area contributed by atoms with E-state index in [4.69, 9.17) is 9.47 Å². The second-order valence-corrected chi connectivity index (χ2v) is 12.3. The number of rotatable bonds is 9. The Morgan fingerprint density at radius 3 is 2.44 bits per heavy atom. The number of anilines is 2. The average Bonchev–Trinajstić information content (AvgIpc) is 3.45. The summed E-state index contributed by atoms with van der Waals surface area (Å²) in [4.78, 5) is 18.7. The van der Waals surface area contributed by atoms with Crippen LogP contribution in [-0.4, -0.2) is 46.4 Å². The Balaban J connectivity index is 1.29. The molecule has 2 aliphatic carbocycles. The molecule has 2 aromatic rings. The molecule has 1 heterocycles. The zero-order valence-corrected chi connectivity index (χ0v) is 24.4. The number of nitrogens with zero attached hydrogens (tertiary/aromatic N) is 2. The van der Waals surface area contributed by atoms with Gasteiger partial charge < -0.3 is 19.3 Å². The van der Waals surface area contributed by atoms with Gasteiger partial charge in [-0.2, -0.15) is 0 Å². The summed E-state index contributed by atoms with van der Waals surface area (Å²) in [6.07, 6.45) is 11.6.